The quantitative estimate of drug-likeness (QED) is 0.0320. The molecule has 2 unspecified atom stereocenters. The lowest BCUT2D eigenvalue weighted by molar-refractivity contribution is -0.143. The molecule has 6 nitrogen and oxygen atoms in total. The zero-order valence-electron chi connectivity index (χ0n) is 48.4. The topological polar surface area (TPSA) is 95.9 Å². The van der Waals surface area contributed by atoms with Gasteiger partial charge in [-0.05, 0) is 64.2 Å². The van der Waals surface area contributed by atoms with Crippen molar-refractivity contribution in [1.29, 1.82) is 0 Å². The van der Waals surface area contributed by atoms with E-state index in [0.717, 1.165) is 44.9 Å². The number of carbonyl (C=O) groups is 2. The fourth-order valence-corrected chi connectivity index (χ4v) is 9.96. The van der Waals surface area contributed by atoms with Crippen molar-refractivity contribution in [2.75, 3.05) is 13.2 Å². The van der Waals surface area contributed by atoms with Gasteiger partial charge >= 0.3 is 5.97 Å². The van der Waals surface area contributed by atoms with Gasteiger partial charge in [0.1, 0.15) is 0 Å². The van der Waals surface area contributed by atoms with Crippen LogP contribution in [0, 0.1) is 0 Å². The lowest BCUT2D eigenvalue weighted by Gasteiger charge is -2.20. The highest BCUT2D eigenvalue weighted by Gasteiger charge is 2.18. The van der Waals surface area contributed by atoms with Crippen molar-refractivity contribution in [2.45, 2.75) is 360 Å². The minimum absolute atomic E-state index is 0.0121. The number of ether oxygens (including phenoxy) is 1. The molecule has 6 heteroatoms. The minimum Gasteiger partial charge on any atom is -0.466 e. The summed E-state index contributed by atoms with van der Waals surface area (Å²) in [5, 5.41) is 23.1. The molecule has 0 bridgehead atoms. The number of hydrogen-bond donors (Lipinski definition) is 3. The average molecular weight is 1010 g/mol. The molecule has 0 radical (unpaired) electrons. The van der Waals surface area contributed by atoms with Crippen LogP contribution < -0.4 is 5.32 Å². The average Bonchev–Trinajstić information content (AvgIpc) is 3.38. The molecule has 0 fully saturated rings. The maximum atomic E-state index is 12.5. The zero-order valence-corrected chi connectivity index (χ0v) is 48.4. The predicted molar refractivity (Wildman–Crippen MR) is 315 cm³/mol. The van der Waals surface area contributed by atoms with Crippen LogP contribution in [0.4, 0.5) is 0 Å². The number of amides is 1. The van der Waals surface area contributed by atoms with Crippen LogP contribution in [0.3, 0.4) is 0 Å². The van der Waals surface area contributed by atoms with Crippen molar-refractivity contribution in [1.82, 2.24) is 5.32 Å². The first-order valence-electron chi connectivity index (χ1n) is 32.3. The Morgan fingerprint density at radius 2 is 0.694 bits per heavy atom. The third-order valence-electron chi connectivity index (χ3n) is 14.9. The number of nitrogens with one attached hydrogen (secondary N) is 1. The lowest BCUT2D eigenvalue weighted by atomic mass is 10.0. The number of hydrogen-bond acceptors (Lipinski definition) is 5. The van der Waals surface area contributed by atoms with E-state index in [1.807, 2.05) is 6.08 Å². The monoisotopic (exact) mass is 1010 g/mol. The fourth-order valence-electron chi connectivity index (χ4n) is 9.96. The Morgan fingerprint density at radius 3 is 1.06 bits per heavy atom. The highest BCUT2D eigenvalue weighted by atomic mass is 16.5. The van der Waals surface area contributed by atoms with Crippen LogP contribution >= 0.6 is 0 Å². The Hall–Kier alpha value is -1.92. The molecule has 0 aromatic carbocycles. The maximum absolute atomic E-state index is 12.5. The third-order valence-corrected chi connectivity index (χ3v) is 14.9. The van der Waals surface area contributed by atoms with E-state index in [1.165, 1.54) is 276 Å². The number of esters is 1. The summed E-state index contributed by atoms with van der Waals surface area (Å²) >= 11 is 0. The second-order valence-electron chi connectivity index (χ2n) is 22.1. The van der Waals surface area contributed by atoms with Crippen LogP contribution in [0.2, 0.25) is 0 Å². The summed E-state index contributed by atoms with van der Waals surface area (Å²) in [7, 11) is 0. The minimum atomic E-state index is -0.848. The number of carbonyl (C=O) groups excluding carboxylic acids is 2. The molecule has 3 N–H and O–H groups in total. The molecule has 0 rings (SSSR count). The number of aliphatic hydroxyl groups excluding tert-OH is 2. The molecule has 0 aliphatic heterocycles. The Labute approximate surface area is 449 Å². The van der Waals surface area contributed by atoms with E-state index in [-0.39, 0.29) is 18.5 Å². The van der Waals surface area contributed by atoms with Crippen molar-refractivity contribution in [3.63, 3.8) is 0 Å². The molecule has 0 aliphatic rings. The molecule has 72 heavy (non-hydrogen) atoms. The Kier molecular flexibility index (Phi) is 60.0. The molecule has 424 valence electrons. The van der Waals surface area contributed by atoms with Crippen LogP contribution in [-0.2, 0) is 14.3 Å². The molecule has 0 aromatic rings. The van der Waals surface area contributed by atoms with Crippen molar-refractivity contribution >= 4 is 11.9 Å². The first-order chi connectivity index (χ1) is 35.5. The summed E-state index contributed by atoms with van der Waals surface area (Å²) in [5.41, 5.74) is 0. The summed E-state index contributed by atoms with van der Waals surface area (Å²) in [4.78, 5) is 24.5. The van der Waals surface area contributed by atoms with E-state index in [0.29, 0.717) is 19.4 Å². The van der Waals surface area contributed by atoms with E-state index in [4.69, 9.17) is 4.74 Å². The normalized spacial score (nSPS) is 12.8. The van der Waals surface area contributed by atoms with Gasteiger partial charge in [0, 0.05) is 12.8 Å². The first kappa shape index (κ1) is 70.1. The lowest BCUT2D eigenvalue weighted by Crippen LogP contribution is -2.45. The molecule has 2 atom stereocenters. The summed E-state index contributed by atoms with van der Waals surface area (Å²) in [6, 6.07) is -0.632. The standard InChI is InChI=1S/C66H125NO5/c1-3-5-7-9-11-13-15-17-19-32-36-40-44-48-52-56-60-66(71)72-61-57-53-49-45-41-37-33-30-28-26-24-22-20-21-23-25-27-29-31-35-39-43-47-51-55-59-65(70)67-63(62-68)64(69)58-54-50-46-42-38-34-18-16-14-12-10-8-6-4-2/h21-24,54,58,63-64,68-69H,3-20,25-53,55-57,59-62H2,1-2H3,(H,67,70)/b23-21-,24-22-,58-54+. The highest BCUT2D eigenvalue weighted by molar-refractivity contribution is 5.76. The van der Waals surface area contributed by atoms with Gasteiger partial charge < -0.3 is 20.3 Å². The van der Waals surface area contributed by atoms with Gasteiger partial charge in [0.05, 0.1) is 25.4 Å². The van der Waals surface area contributed by atoms with Gasteiger partial charge in [0.15, 0.2) is 0 Å². The first-order valence-corrected chi connectivity index (χ1v) is 32.3. The van der Waals surface area contributed by atoms with E-state index in [9.17, 15) is 19.8 Å². The molecular weight excluding hydrogens is 887 g/mol. The molecule has 0 saturated carbocycles. The molecule has 0 saturated heterocycles. The molecular formula is C66H125NO5. The van der Waals surface area contributed by atoms with Crippen LogP contribution in [0.25, 0.3) is 0 Å². The molecule has 0 aromatic heterocycles. The van der Waals surface area contributed by atoms with Gasteiger partial charge in [-0.15, -0.1) is 0 Å². The van der Waals surface area contributed by atoms with Crippen molar-refractivity contribution in [2.24, 2.45) is 0 Å². The third kappa shape index (κ3) is 57.4. The van der Waals surface area contributed by atoms with E-state index < -0.39 is 12.1 Å². The van der Waals surface area contributed by atoms with Gasteiger partial charge in [-0.2, -0.15) is 0 Å². The van der Waals surface area contributed by atoms with Crippen LogP contribution in [0.1, 0.15) is 348 Å². The maximum Gasteiger partial charge on any atom is 0.305 e. The summed E-state index contributed by atoms with van der Waals surface area (Å²) in [5.74, 6) is -0.0611. The van der Waals surface area contributed by atoms with E-state index >= 15 is 0 Å². The summed E-state index contributed by atoms with van der Waals surface area (Å²) in [6.07, 6.45) is 77.7. The number of aliphatic hydroxyl groups is 2. The van der Waals surface area contributed by atoms with Crippen molar-refractivity contribution in [3.05, 3.63) is 36.5 Å². The molecule has 0 spiro atoms. The van der Waals surface area contributed by atoms with Crippen molar-refractivity contribution < 1.29 is 24.5 Å². The van der Waals surface area contributed by atoms with Gasteiger partial charge in [-0.25, -0.2) is 0 Å². The Morgan fingerprint density at radius 1 is 0.389 bits per heavy atom. The van der Waals surface area contributed by atoms with Crippen LogP contribution in [-0.4, -0.2) is 47.4 Å². The second-order valence-corrected chi connectivity index (χ2v) is 22.1. The molecule has 0 aliphatic carbocycles. The number of unbranched alkanes of at least 4 members (excludes halogenated alkanes) is 45. The number of allylic oxidation sites excluding steroid dienone is 5. The van der Waals surface area contributed by atoms with Crippen LogP contribution in [0.15, 0.2) is 36.5 Å². The second kappa shape index (κ2) is 61.6. The van der Waals surface area contributed by atoms with Gasteiger partial charge in [0.2, 0.25) is 5.91 Å². The summed E-state index contributed by atoms with van der Waals surface area (Å²) in [6.45, 7) is 4.92. The van der Waals surface area contributed by atoms with E-state index in [1.54, 1.807) is 6.08 Å². The fraction of sp³-hybridized carbons (Fsp3) is 0.879. The highest BCUT2D eigenvalue weighted by Crippen LogP contribution is 2.17. The largest absolute Gasteiger partial charge is 0.466 e. The molecule has 1 amide bonds. The summed E-state index contributed by atoms with van der Waals surface area (Å²) < 4.78 is 5.49. The Bertz CT molecular complexity index is 1170. The zero-order chi connectivity index (χ0) is 52.2. The van der Waals surface area contributed by atoms with Gasteiger partial charge in [0.25, 0.3) is 0 Å². The Balaban J connectivity index is 3.43. The van der Waals surface area contributed by atoms with Gasteiger partial charge in [-0.3, -0.25) is 9.59 Å². The smallest absolute Gasteiger partial charge is 0.305 e. The van der Waals surface area contributed by atoms with Crippen LogP contribution in [0.5, 0.6) is 0 Å². The van der Waals surface area contributed by atoms with Crippen molar-refractivity contribution in [3.8, 4) is 0 Å². The predicted octanol–water partition coefficient (Wildman–Crippen LogP) is 20.4. The number of rotatable bonds is 60. The van der Waals surface area contributed by atoms with E-state index in [2.05, 4.69) is 43.5 Å². The van der Waals surface area contributed by atoms with Gasteiger partial charge in [-0.1, -0.05) is 307 Å². The SMILES string of the molecule is CCCCCCCCCCCCCC/C=C/C(O)C(CO)NC(=O)CCCCCCCCCCC/C=C\C/C=C\CCCCCCCCCCCOC(=O)CCCCCCCCCCCCCCCCCC. The molecule has 0 heterocycles.